The minimum atomic E-state index is -4.64. The molecule has 0 heterocycles. The Morgan fingerprint density at radius 2 is 1.14 bits per heavy atom. The Hall–Kier alpha value is 1.88. The Bertz CT molecular complexity index is 57.8. The first-order valence-electron chi connectivity index (χ1n) is 0.783. The third-order valence-corrected chi connectivity index (χ3v) is 0. The fourth-order valence-electron chi connectivity index (χ4n) is 0. The Balaban J connectivity index is -0.0000000800. The van der Waals surface area contributed by atoms with Crippen molar-refractivity contribution in [1.82, 2.24) is 0 Å². The van der Waals surface area contributed by atoms with Gasteiger partial charge in [-0.2, -0.15) is 0 Å². The molecule has 0 aromatic carbocycles. The van der Waals surface area contributed by atoms with Crippen LogP contribution in [0.15, 0.2) is 0 Å². The molecule has 35 valence electrons. The molecule has 0 aromatic rings. The van der Waals surface area contributed by atoms with E-state index in [9.17, 15) is 0 Å². The SMILES string of the molecule is O=P(O)(O)O.[Mg].[Na]. The topological polar surface area (TPSA) is 77.8 Å². The maximum atomic E-state index is 8.88. The van der Waals surface area contributed by atoms with Gasteiger partial charge in [-0.25, -0.2) is 4.57 Å². The summed E-state index contributed by atoms with van der Waals surface area (Å²) in [5.41, 5.74) is 0. The molecule has 0 saturated carbocycles. The molecule has 0 bridgehead atoms. The van der Waals surface area contributed by atoms with Crippen molar-refractivity contribution in [2.45, 2.75) is 0 Å². The standard InChI is InChI=1S/Mg.Na.H3O4P/c;;1-5(2,3)4/h;;(H3,1,2,3,4). The van der Waals surface area contributed by atoms with Gasteiger partial charge in [0.05, 0.1) is 0 Å². The van der Waals surface area contributed by atoms with Gasteiger partial charge in [0.25, 0.3) is 0 Å². The van der Waals surface area contributed by atoms with Gasteiger partial charge in [-0.05, 0) is 0 Å². The number of rotatable bonds is 0. The van der Waals surface area contributed by atoms with Gasteiger partial charge in [0, 0.05) is 52.6 Å². The van der Waals surface area contributed by atoms with E-state index in [1.54, 1.807) is 0 Å². The Morgan fingerprint density at radius 1 is 1.14 bits per heavy atom. The third-order valence-electron chi connectivity index (χ3n) is 0. The van der Waals surface area contributed by atoms with Gasteiger partial charge in [0.1, 0.15) is 0 Å². The third kappa shape index (κ3) is 77.3. The second-order valence-corrected chi connectivity index (χ2v) is 1.54. The number of phosphoric acid groups is 1. The summed E-state index contributed by atoms with van der Waals surface area (Å²) in [7, 11) is -4.64. The molecule has 0 saturated heterocycles. The van der Waals surface area contributed by atoms with Crippen LogP contribution in [0.25, 0.3) is 0 Å². The molecule has 0 amide bonds. The van der Waals surface area contributed by atoms with E-state index in [4.69, 9.17) is 19.2 Å². The van der Waals surface area contributed by atoms with Crippen molar-refractivity contribution in [3.63, 3.8) is 0 Å². The first-order chi connectivity index (χ1) is 2.00. The van der Waals surface area contributed by atoms with E-state index in [-0.39, 0.29) is 52.6 Å². The zero-order chi connectivity index (χ0) is 4.50. The molecule has 0 atom stereocenters. The summed E-state index contributed by atoms with van der Waals surface area (Å²) >= 11 is 0. The van der Waals surface area contributed by atoms with E-state index in [1.165, 1.54) is 0 Å². The van der Waals surface area contributed by atoms with Crippen LogP contribution in [-0.4, -0.2) is 67.3 Å². The zero-order valence-electron chi connectivity index (χ0n) is 3.90. The predicted octanol–water partition coefficient (Wildman–Crippen LogP) is -1.69. The van der Waals surface area contributed by atoms with Gasteiger partial charge in [-0.1, -0.05) is 0 Å². The van der Waals surface area contributed by atoms with Crippen molar-refractivity contribution in [2.75, 3.05) is 0 Å². The van der Waals surface area contributed by atoms with Crippen molar-refractivity contribution < 1.29 is 19.2 Å². The summed E-state index contributed by atoms with van der Waals surface area (Å²) < 4.78 is 8.88. The Labute approximate surface area is 79.0 Å². The van der Waals surface area contributed by atoms with Crippen molar-refractivity contribution in [3.05, 3.63) is 0 Å². The molecule has 0 rings (SSSR count). The monoisotopic (exact) mass is 145 g/mol. The number of hydrogen-bond donors (Lipinski definition) is 3. The average Bonchev–Trinajstić information content (AvgIpc) is 0.722. The second kappa shape index (κ2) is 6.00. The fraction of sp³-hybridized carbons (Fsp3) is 0. The van der Waals surface area contributed by atoms with Gasteiger partial charge in [-0.3, -0.25) is 0 Å². The van der Waals surface area contributed by atoms with E-state index >= 15 is 0 Å². The first-order valence-corrected chi connectivity index (χ1v) is 2.35. The van der Waals surface area contributed by atoms with Crippen LogP contribution in [-0.2, 0) is 4.57 Å². The molecule has 7 heteroatoms. The molecule has 0 aliphatic carbocycles. The molecule has 3 N–H and O–H groups in total. The van der Waals surface area contributed by atoms with Crippen molar-refractivity contribution in [2.24, 2.45) is 0 Å². The molecule has 0 aromatic heterocycles. The van der Waals surface area contributed by atoms with Gasteiger partial charge in [0.2, 0.25) is 0 Å². The van der Waals surface area contributed by atoms with Crippen LogP contribution >= 0.6 is 7.82 Å². The van der Waals surface area contributed by atoms with Crippen molar-refractivity contribution in [1.29, 1.82) is 0 Å². The fourth-order valence-corrected chi connectivity index (χ4v) is 0. The molecule has 0 unspecified atom stereocenters. The molecule has 0 aliphatic heterocycles. The van der Waals surface area contributed by atoms with E-state index in [1.807, 2.05) is 0 Å². The summed E-state index contributed by atoms with van der Waals surface area (Å²) in [5, 5.41) is 0. The minimum absolute atomic E-state index is 0. The van der Waals surface area contributed by atoms with Gasteiger partial charge in [0.15, 0.2) is 0 Å². The van der Waals surface area contributed by atoms with Crippen LogP contribution in [0.1, 0.15) is 0 Å². The summed E-state index contributed by atoms with van der Waals surface area (Å²) in [4.78, 5) is 21.6. The molecule has 4 nitrogen and oxygen atoms in total. The molecule has 0 aliphatic rings. The molecule has 0 spiro atoms. The van der Waals surface area contributed by atoms with E-state index < -0.39 is 7.82 Å². The van der Waals surface area contributed by atoms with Crippen LogP contribution in [0.5, 0.6) is 0 Å². The van der Waals surface area contributed by atoms with Crippen LogP contribution in [0.3, 0.4) is 0 Å². The van der Waals surface area contributed by atoms with Crippen LogP contribution in [0, 0.1) is 0 Å². The van der Waals surface area contributed by atoms with E-state index in [2.05, 4.69) is 0 Å². The van der Waals surface area contributed by atoms with Crippen LogP contribution < -0.4 is 0 Å². The van der Waals surface area contributed by atoms with Gasteiger partial charge >= 0.3 is 7.82 Å². The molecule has 3 radical (unpaired) electrons. The summed E-state index contributed by atoms with van der Waals surface area (Å²) in [6.07, 6.45) is 0. The van der Waals surface area contributed by atoms with Crippen LogP contribution in [0.2, 0.25) is 0 Å². The minimum Gasteiger partial charge on any atom is -0.303 e. The smallest absolute Gasteiger partial charge is 0.303 e. The summed E-state index contributed by atoms with van der Waals surface area (Å²) in [5.74, 6) is 0. The summed E-state index contributed by atoms with van der Waals surface area (Å²) in [6, 6.07) is 0. The Morgan fingerprint density at radius 3 is 1.14 bits per heavy atom. The predicted molar refractivity (Wildman–Crippen MR) is 25.8 cm³/mol. The molecular formula is H3MgNaO4P. The second-order valence-electron chi connectivity index (χ2n) is 0.513. The van der Waals surface area contributed by atoms with Gasteiger partial charge < -0.3 is 14.7 Å². The van der Waals surface area contributed by atoms with Crippen molar-refractivity contribution in [3.8, 4) is 0 Å². The van der Waals surface area contributed by atoms with Crippen LogP contribution in [0.4, 0.5) is 0 Å². The van der Waals surface area contributed by atoms with Gasteiger partial charge in [-0.15, -0.1) is 0 Å². The average molecular weight is 145 g/mol. The quantitative estimate of drug-likeness (QED) is 0.281. The maximum absolute atomic E-state index is 8.88. The first kappa shape index (κ1) is 15.9. The molecule has 7 heavy (non-hydrogen) atoms. The normalized spacial score (nSPS) is 8.43. The zero-order valence-corrected chi connectivity index (χ0v) is 8.21. The van der Waals surface area contributed by atoms with E-state index in [0.29, 0.717) is 0 Å². The Kier molecular flexibility index (Phi) is 13.7. The van der Waals surface area contributed by atoms with Crippen molar-refractivity contribution >= 4 is 60.4 Å². The largest absolute Gasteiger partial charge is 0.466 e. The maximum Gasteiger partial charge on any atom is 0.466 e. The molecule has 0 fully saturated rings. The summed E-state index contributed by atoms with van der Waals surface area (Å²) in [6.45, 7) is 0. The molecular weight excluding hydrogens is 142 g/mol. The number of hydrogen-bond acceptors (Lipinski definition) is 1. The van der Waals surface area contributed by atoms with E-state index in [0.717, 1.165) is 0 Å².